The number of nitrogens with two attached hydrogens (primary N) is 1. The number of nitrogens with one attached hydrogen (secondary N) is 3. The van der Waals surface area contributed by atoms with Gasteiger partial charge < -0.3 is 16.4 Å². The molecular weight excluding hydrogens is 305 g/mol. The summed E-state index contributed by atoms with van der Waals surface area (Å²) in [7, 11) is 0. The molecule has 0 aliphatic rings. The van der Waals surface area contributed by atoms with Crippen LogP contribution in [0.3, 0.4) is 0 Å². The Morgan fingerprint density at radius 1 is 1.09 bits per heavy atom. The SMILES string of the molecule is NC(=O)NC(=O)CCNC(=O)Nc1ccc(C(F)(F)F)cc1. The summed E-state index contributed by atoms with van der Waals surface area (Å²) in [5, 5.41) is 6.40. The van der Waals surface area contributed by atoms with Crippen molar-refractivity contribution >= 4 is 23.7 Å². The van der Waals surface area contributed by atoms with Gasteiger partial charge in [0.1, 0.15) is 0 Å². The standard InChI is InChI=1S/C12H13F3N4O3/c13-12(14,15)7-1-3-8(4-2-7)18-11(22)17-6-5-9(20)19-10(16)21/h1-4H,5-6H2,(H2,17,18,22)(H3,16,19,20,21). The number of primary amides is 1. The van der Waals surface area contributed by atoms with E-state index in [9.17, 15) is 27.6 Å². The lowest BCUT2D eigenvalue weighted by Crippen LogP contribution is -2.38. The predicted octanol–water partition coefficient (Wildman–Crippen LogP) is 1.41. The molecule has 22 heavy (non-hydrogen) atoms. The molecule has 0 fully saturated rings. The Kier molecular flexibility index (Phi) is 5.72. The molecule has 0 aliphatic heterocycles. The van der Waals surface area contributed by atoms with E-state index in [-0.39, 0.29) is 18.7 Å². The van der Waals surface area contributed by atoms with Crippen LogP contribution in [-0.4, -0.2) is 24.5 Å². The Labute approximate surface area is 123 Å². The van der Waals surface area contributed by atoms with Gasteiger partial charge in [-0.25, -0.2) is 9.59 Å². The second-order valence-electron chi connectivity index (χ2n) is 4.12. The van der Waals surface area contributed by atoms with E-state index in [2.05, 4.69) is 10.6 Å². The number of carbonyl (C=O) groups excluding carboxylic acids is 3. The van der Waals surface area contributed by atoms with E-state index in [1.807, 2.05) is 5.32 Å². The highest BCUT2D eigenvalue weighted by Crippen LogP contribution is 2.29. The van der Waals surface area contributed by atoms with Gasteiger partial charge in [0, 0.05) is 18.7 Å². The zero-order valence-corrected chi connectivity index (χ0v) is 11.2. The lowest BCUT2D eigenvalue weighted by Gasteiger charge is -2.09. The molecule has 0 bridgehead atoms. The van der Waals surface area contributed by atoms with Crippen LogP contribution in [0.2, 0.25) is 0 Å². The molecule has 7 nitrogen and oxygen atoms in total. The minimum absolute atomic E-state index is 0.0778. The Morgan fingerprint density at radius 3 is 2.18 bits per heavy atom. The van der Waals surface area contributed by atoms with Crippen molar-refractivity contribution in [1.29, 1.82) is 0 Å². The van der Waals surface area contributed by atoms with Gasteiger partial charge in [0.15, 0.2) is 0 Å². The van der Waals surface area contributed by atoms with Crippen molar-refractivity contribution in [2.75, 3.05) is 11.9 Å². The van der Waals surface area contributed by atoms with Crippen molar-refractivity contribution in [3.05, 3.63) is 29.8 Å². The highest BCUT2D eigenvalue weighted by atomic mass is 19.4. The number of hydrogen-bond acceptors (Lipinski definition) is 3. The predicted molar refractivity (Wildman–Crippen MR) is 70.8 cm³/mol. The van der Waals surface area contributed by atoms with Gasteiger partial charge in [-0.2, -0.15) is 13.2 Å². The van der Waals surface area contributed by atoms with Crippen LogP contribution >= 0.6 is 0 Å². The highest BCUT2D eigenvalue weighted by molar-refractivity contribution is 5.94. The number of benzene rings is 1. The number of alkyl halides is 3. The summed E-state index contributed by atoms with van der Waals surface area (Å²) in [5.41, 5.74) is 4.05. The molecule has 0 aromatic heterocycles. The van der Waals surface area contributed by atoms with E-state index in [1.165, 1.54) is 0 Å². The van der Waals surface area contributed by atoms with Crippen LogP contribution in [0.1, 0.15) is 12.0 Å². The first kappa shape index (κ1) is 17.3. The molecular formula is C12H13F3N4O3. The molecule has 0 atom stereocenters. The zero-order chi connectivity index (χ0) is 16.8. The first-order valence-corrected chi connectivity index (χ1v) is 6.00. The number of halogens is 3. The topological polar surface area (TPSA) is 113 Å². The average molecular weight is 318 g/mol. The van der Waals surface area contributed by atoms with Gasteiger partial charge >= 0.3 is 18.2 Å². The monoisotopic (exact) mass is 318 g/mol. The van der Waals surface area contributed by atoms with Crippen molar-refractivity contribution in [1.82, 2.24) is 10.6 Å². The number of amides is 5. The maximum atomic E-state index is 12.3. The summed E-state index contributed by atoms with van der Waals surface area (Å²) in [6.45, 7) is -0.0778. The molecule has 1 rings (SSSR count). The van der Waals surface area contributed by atoms with Crippen LogP contribution in [-0.2, 0) is 11.0 Å². The van der Waals surface area contributed by atoms with Crippen LogP contribution in [0.25, 0.3) is 0 Å². The normalized spacial score (nSPS) is 10.7. The summed E-state index contributed by atoms with van der Waals surface area (Å²) in [6, 6.07) is 2.15. The van der Waals surface area contributed by atoms with E-state index in [0.717, 1.165) is 24.3 Å². The average Bonchev–Trinajstić information content (AvgIpc) is 2.37. The molecule has 0 spiro atoms. The Bertz CT molecular complexity index is 558. The zero-order valence-electron chi connectivity index (χ0n) is 11.2. The van der Waals surface area contributed by atoms with Gasteiger partial charge in [0.05, 0.1) is 5.56 Å². The van der Waals surface area contributed by atoms with Crippen LogP contribution in [0, 0.1) is 0 Å². The fourth-order valence-electron chi connectivity index (χ4n) is 1.41. The fourth-order valence-corrected chi connectivity index (χ4v) is 1.41. The van der Waals surface area contributed by atoms with Crippen molar-refractivity contribution in [3.8, 4) is 0 Å². The minimum Gasteiger partial charge on any atom is -0.351 e. The van der Waals surface area contributed by atoms with Crippen molar-refractivity contribution in [3.63, 3.8) is 0 Å². The fraction of sp³-hybridized carbons (Fsp3) is 0.250. The van der Waals surface area contributed by atoms with Crippen LogP contribution < -0.4 is 21.7 Å². The van der Waals surface area contributed by atoms with E-state index >= 15 is 0 Å². The molecule has 0 saturated heterocycles. The first-order chi connectivity index (χ1) is 10.2. The van der Waals surface area contributed by atoms with Gasteiger partial charge in [-0.15, -0.1) is 0 Å². The van der Waals surface area contributed by atoms with Gasteiger partial charge in [0.2, 0.25) is 5.91 Å². The number of imide groups is 1. The summed E-state index contributed by atoms with van der Waals surface area (Å²) in [6.07, 6.45) is -4.63. The van der Waals surface area contributed by atoms with Gasteiger partial charge in [0.25, 0.3) is 0 Å². The summed E-state index contributed by atoms with van der Waals surface area (Å²) < 4.78 is 37.0. The van der Waals surface area contributed by atoms with Gasteiger partial charge in [-0.05, 0) is 24.3 Å². The molecule has 5 N–H and O–H groups in total. The Morgan fingerprint density at radius 2 is 1.68 bits per heavy atom. The quantitative estimate of drug-likeness (QED) is 0.673. The lowest BCUT2D eigenvalue weighted by molar-refractivity contribution is -0.137. The Balaban J connectivity index is 2.39. The molecule has 5 amide bonds. The maximum absolute atomic E-state index is 12.3. The van der Waals surface area contributed by atoms with E-state index in [1.54, 1.807) is 0 Å². The first-order valence-electron chi connectivity index (χ1n) is 6.00. The minimum atomic E-state index is -4.45. The van der Waals surface area contributed by atoms with E-state index < -0.39 is 29.7 Å². The summed E-state index contributed by atoms with van der Waals surface area (Å²) >= 11 is 0. The molecule has 1 aromatic carbocycles. The number of rotatable bonds is 4. The second-order valence-corrected chi connectivity index (χ2v) is 4.12. The van der Waals surface area contributed by atoms with Crippen LogP contribution in [0.4, 0.5) is 28.4 Å². The number of carbonyl (C=O) groups is 3. The van der Waals surface area contributed by atoms with Crippen molar-refractivity contribution in [2.45, 2.75) is 12.6 Å². The molecule has 0 unspecified atom stereocenters. The molecule has 1 aromatic rings. The largest absolute Gasteiger partial charge is 0.416 e. The highest BCUT2D eigenvalue weighted by Gasteiger charge is 2.29. The summed E-state index contributed by atoms with van der Waals surface area (Å²) in [4.78, 5) is 32.8. The van der Waals surface area contributed by atoms with Crippen LogP contribution in [0.5, 0.6) is 0 Å². The number of urea groups is 2. The van der Waals surface area contributed by atoms with E-state index in [4.69, 9.17) is 5.73 Å². The smallest absolute Gasteiger partial charge is 0.351 e. The third-order valence-electron chi connectivity index (χ3n) is 2.37. The van der Waals surface area contributed by atoms with Crippen molar-refractivity contribution < 1.29 is 27.6 Å². The summed E-state index contributed by atoms with van der Waals surface area (Å²) in [5.74, 6) is -0.665. The van der Waals surface area contributed by atoms with Gasteiger partial charge in [-0.3, -0.25) is 10.1 Å². The second kappa shape index (κ2) is 7.29. The third kappa shape index (κ3) is 6.11. The third-order valence-corrected chi connectivity index (χ3v) is 2.37. The molecule has 0 saturated carbocycles. The molecule has 10 heteroatoms. The van der Waals surface area contributed by atoms with Gasteiger partial charge in [-0.1, -0.05) is 0 Å². The van der Waals surface area contributed by atoms with Crippen molar-refractivity contribution in [2.24, 2.45) is 5.73 Å². The van der Waals surface area contributed by atoms with E-state index in [0.29, 0.717) is 0 Å². The molecule has 0 radical (unpaired) electrons. The molecule has 0 aliphatic carbocycles. The molecule has 120 valence electrons. The number of anilines is 1. The lowest BCUT2D eigenvalue weighted by atomic mass is 10.2. The Hall–Kier alpha value is -2.78. The molecule has 0 heterocycles. The van der Waals surface area contributed by atoms with Crippen LogP contribution in [0.15, 0.2) is 24.3 Å². The number of hydrogen-bond donors (Lipinski definition) is 4. The maximum Gasteiger partial charge on any atom is 0.416 e.